The maximum Gasteiger partial charge on any atom is 0.253 e. The van der Waals surface area contributed by atoms with Gasteiger partial charge in [0.15, 0.2) is 0 Å². The highest BCUT2D eigenvalue weighted by molar-refractivity contribution is 7.97. The molecule has 0 atom stereocenters. The number of anilines is 1. The summed E-state index contributed by atoms with van der Waals surface area (Å²) in [5.74, 6) is 1.11. The lowest BCUT2D eigenvalue weighted by Gasteiger charge is -2.36. The fourth-order valence-corrected chi connectivity index (χ4v) is 3.56. The van der Waals surface area contributed by atoms with Gasteiger partial charge in [-0.1, -0.05) is 23.7 Å². The Labute approximate surface area is 152 Å². The second kappa shape index (κ2) is 7.95. The minimum absolute atomic E-state index is 0.126. The summed E-state index contributed by atoms with van der Waals surface area (Å²) in [4.78, 5) is 16.9. The van der Waals surface area contributed by atoms with E-state index in [-0.39, 0.29) is 5.91 Å². The van der Waals surface area contributed by atoms with Gasteiger partial charge in [-0.3, -0.25) is 4.79 Å². The third-order valence-corrected chi connectivity index (χ3v) is 5.14. The molecule has 0 bridgehead atoms. The predicted molar refractivity (Wildman–Crippen MR) is 103 cm³/mol. The van der Waals surface area contributed by atoms with Crippen molar-refractivity contribution in [2.75, 3.05) is 37.3 Å². The summed E-state index contributed by atoms with van der Waals surface area (Å²) in [6, 6.07) is 15.9. The predicted octanol–water partition coefficient (Wildman–Crippen LogP) is 4.17. The molecule has 2 aromatic carbocycles. The Morgan fingerprint density at radius 1 is 1.00 bits per heavy atom. The average molecular weight is 361 g/mol. The Morgan fingerprint density at radius 2 is 1.62 bits per heavy atom. The zero-order chi connectivity index (χ0) is 16.9. The normalized spacial score (nSPS) is 14.8. The Kier molecular flexibility index (Phi) is 5.69. The number of benzene rings is 2. The highest BCUT2D eigenvalue weighted by atomic mass is 35.5. The molecular weight excluding hydrogens is 340 g/mol. The Bertz CT molecular complexity index is 680. The van der Waals surface area contributed by atoms with Crippen LogP contribution in [0.1, 0.15) is 15.9 Å². The standard InChI is InChI=1S/C19H21ClN2OS/c1-24-14-15-2-4-16(5-3-15)19(23)22-12-10-21(11-13-22)18-8-6-17(20)7-9-18/h2-9H,10-14H2,1H3. The molecule has 3 nitrogen and oxygen atoms in total. The van der Waals surface area contributed by atoms with E-state index in [2.05, 4.69) is 11.2 Å². The molecule has 0 aromatic heterocycles. The summed E-state index contributed by atoms with van der Waals surface area (Å²) in [7, 11) is 0. The largest absolute Gasteiger partial charge is 0.368 e. The van der Waals surface area contributed by atoms with Crippen LogP contribution in [0, 0.1) is 0 Å². The number of piperazine rings is 1. The van der Waals surface area contributed by atoms with E-state index in [9.17, 15) is 4.79 Å². The number of hydrogen-bond donors (Lipinski definition) is 0. The third-order valence-electron chi connectivity index (χ3n) is 4.27. The van der Waals surface area contributed by atoms with Crippen LogP contribution in [0.4, 0.5) is 5.69 Å². The van der Waals surface area contributed by atoms with E-state index in [1.54, 1.807) is 11.8 Å². The fraction of sp³-hybridized carbons (Fsp3) is 0.316. The first-order valence-electron chi connectivity index (χ1n) is 8.05. The summed E-state index contributed by atoms with van der Waals surface area (Å²) in [6.07, 6.45) is 2.08. The van der Waals surface area contributed by atoms with Crippen molar-refractivity contribution in [2.45, 2.75) is 5.75 Å². The van der Waals surface area contributed by atoms with Gasteiger partial charge < -0.3 is 9.80 Å². The molecule has 0 N–H and O–H groups in total. The van der Waals surface area contributed by atoms with Crippen LogP contribution in [0.5, 0.6) is 0 Å². The molecule has 5 heteroatoms. The average Bonchev–Trinajstić information content (AvgIpc) is 2.63. The Morgan fingerprint density at radius 3 is 2.21 bits per heavy atom. The van der Waals surface area contributed by atoms with E-state index in [0.29, 0.717) is 0 Å². The first-order chi connectivity index (χ1) is 11.7. The van der Waals surface area contributed by atoms with Gasteiger partial charge >= 0.3 is 0 Å². The number of amides is 1. The van der Waals surface area contributed by atoms with E-state index < -0.39 is 0 Å². The Hall–Kier alpha value is -1.65. The molecule has 1 amide bonds. The van der Waals surface area contributed by atoms with Crippen LogP contribution >= 0.6 is 23.4 Å². The smallest absolute Gasteiger partial charge is 0.253 e. The van der Waals surface area contributed by atoms with Crippen molar-refractivity contribution in [1.82, 2.24) is 4.90 Å². The zero-order valence-electron chi connectivity index (χ0n) is 13.7. The first-order valence-corrected chi connectivity index (χ1v) is 9.82. The van der Waals surface area contributed by atoms with Crippen LogP contribution < -0.4 is 4.90 Å². The maximum absolute atomic E-state index is 12.6. The van der Waals surface area contributed by atoms with E-state index >= 15 is 0 Å². The van der Waals surface area contributed by atoms with Gasteiger partial charge in [-0.2, -0.15) is 11.8 Å². The second-order valence-corrected chi connectivity index (χ2v) is 7.19. The highest BCUT2D eigenvalue weighted by Crippen LogP contribution is 2.20. The molecular formula is C19H21ClN2OS. The molecule has 126 valence electrons. The molecule has 0 unspecified atom stereocenters. The van der Waals surface area contributed by atoms with Crippen LogP contribution in [0.3, 0.4) is 0 Å². The van der Waals surface area contributed by atoms with Gasteiger partial charge in [-0.15, -0.1) is 0 Å². The molecule has 2 aromatic rings. The minimum atomic E-state index is 0.126. The second-order valence-electron chi connectivity index (χ2n) is 5.89. The molecule has 1 aliphatic heterocycles. The summed E-state index contributed by atoms with van der Waals surface area (Å²) in [5.41, 5.74) is 3.19. The molecule has 0 radical (unpaired) electrons. The van der Waals surface area contributed by atoms with Crippen LogP contribution in [-0.2, 0) is 5.75 Å². The summed E-state index contributed by atoms with van der Waals surface area (Å²) in [6.45, 7) is 3.18. The number of rotatable bonds is 4. The van der Waals surface area contributed by atoms with Crippen LogP contribution in [-0.4, -0.2) is 43.2 Å². The molecule has 0 spiro atoms. The monoisotopic (exact) mass is 360 g/mol. The lowest BCUT2D eigenvalue weighted by molar-refractivity contribution is 0.0747. The molecule has 0 aliphatic carbocycles. The van der Waals surface area contributed by atoms with E-state index in [1.807, 2.05) is 53.4 Å². The van der Waals surface area contributed by atoms with Gasteiger partial charge in [0.1, 0.15) is 0 Å². The molecule has 0 saturated carbocycles. The number of halogens is 1. The Balaban J connectivity index is 1.59. The maximum atomic E-state index is 12.6. The van der Waals surface area contributed by atoms with E-state index in [1.165, 1.54) is 5.56 Å². The summed E-state index contributed by atoms with van der Waals surface area (Å²) < 4.78 is 0. The fourth-order valence-electron chi connectivity index (χ4n) is 2.91. The first kappa shape index (κ1) is 17.2. The highest BCUT2D eigenvalue weighted by Gasteiger charge is 2.22. The number of hydrogen-bond acceptors (Lipinski definition) is 3. The van der Waals surface area contributed by atoms with Crippen LogP contribution in [0.15, 0.2) is 48.5 Å². The molecule has 24 heavy (non-hydrogen) atoms. The molecule has 1 heterocycles. The molecule has 3 rings (SSSR count). The topological polar surface area (TPSA) is 23.6 Å². The lowest BCUT2D eigenvalue weighted by Crippen LogP contribution is -2.48. The van der Waals surface area contributed by atoms with Crippen molar-refractivity contribution >= 4 is 35.0 Å². The van der Waals surface area contributed by atoms with Gasteiger partial charge in [-0.05, 0) is 48.2 Å². The lowest BCUT2D eigenvalue weighted by atomic mass is 10.1. The van der Waals surface area contributed by atoms with Gasteiger partial charge in [0, 0.05) is 48.2 Å². The van der Waals surface area contributed by atoms with Crippen molar-refractivity contribution < 1.29 is 4.79 Å². The number of nitrogens with zero attached hydrogens (tertiary/aromatic N) is 2. The minimum Gasteiger partial charge on any atom is -0.368 e. The van der Waals surface area contributed by atoms with Gasteiger partial charge in [0.25, 0.3) is 5.91 Å². The third kappa shape index (κ3) is 4.05. The number of thioether (sulfide) groups is 1. The molecule has 1 fully saturated rings. The van der Waals surface area contributed by atoms with E-state index in [0.717, 1.165) is 48.2 Å². The zero-order valence-corrected chi connectivity index (χ0v) is 15.3. The summed E-state index contributed by atoms with van der Waals surface area (Å²) >= 11 is 7.73. The number of carbonyl (C=O) groups excluding carboxylic acids is 1. The van der Waals surface area contributed by atoms with Gasteiger partial charge in [0.05, 0.1) is 0 Å². The van der Waals surface area contributed by atoms with Crippen molar-refractivity contribution in [1.29, 1.82) is 0 Å². The quantitative estimate of drug-likeness (QED) is 0.817. The van der Waals surface area contributed by atoms with Crippen LogP contribution in [0.25, 0.3) is 0 Å². The van der Waals surface area contributed by atoms with Gasteiger partial charge in [-0.25, -0.2) is 0 Å². The SMILES string of the molecule is CSCc1ccc(C(=O)N2CCN(c3ccc(Cl)cc3)CC2)cc1. The number of carbonyl (C=O) groups is 1. The summed E-state index contributed by atoms with van der Waals surface area (Å²) in [5, 5.41) is 0.748. The van der Waals surface area contributed by atoms with E-state index in [4.69, 9.17) is 11.6 Å². The van der Waals surface area contributed by atoms with Crippen molar-refractivity contribution in [3.8, 4) is 0 Å². The molecule has 1 aliphatic rings. The van der Waals surface area contributed by atoms with Crippen molar-refractivity contribution in [3.63, 3.8) is 0 Å². The van der Waals surface area contributed by atoms with Crippen molar-refractivity contribution in [3.05, 3.63) is 64.7 Å². The molecule has 1 saturated heterocycles. The van der Waals surface area contributed by atoms with Crippen LogP contribution in [0.2, 0.25) is 5.02 Å². The van der Waals surface area contributed by atoms with Crippen molar-refractivity contribution in [2.24, 2.45) is 0 Å². The van der Waals surface area contributed by atoms with Gasteiger partial charge in [0.2, 0.25) is 0 Å².